The van der Waals surface area contributed by atoms with E-state index in [0.29, 0.717) is 29.4 Å². The van der Waals surface area contributed by atoms with Crippen molar-refractivity contribution in [3.63, 3.8) is 0 Å². The van der Waals surface area contributed by atoms with Crippen LogP contribution >= 0.6 is 11.3 Å². The summed E-state index contributed by atoms with van der Waals surface area (Å²) >= 11 is 0.654. The third-order valence-corrected chi connectivity index (χ3v) is 8.49. The van der Waals surface area contributed by atoms with Crippen molar-refractivity contribution in [2.75, 3.05) is 19.6 Å². The van der Waals surface area contributed by atoms with Crippen molar-refractivity contribution in [2.24, 2.45) is 11.1 Å². The summed E-state index contributed by atoms with van der Waals surface area (Å²) in [6, 6.07) is 0.987. The van der Waals surface area contributed by atoms with Crippen molar-refractivity contribution in [1.29, 1.82) is 0 Å². The third kappa shape index (κ3) is 4.15. The van der Waals surface area contributed by atoms with Crippen LogP contribution in [0.4, 0.5) is 0 Å². The summed E-state index contributed by atoms with van der Waals surface area (Å²) in [5, 5.41) is 18.0. The van der Waals surface area contributed by atoms with E-state index in [4.69, 9.17) is 5.14 Å². The van der Waals surface area contributed by atoms with Crippen LogP contribution in [-0.2, 0) is 20.0 Å². The molecule has 1 aliphatic heterocycles. The van der Waals surface area contributed by atoms with E-state index in [1.165, 1.54) is 17.3 Å². The predicted molar refractivity (Wildman–Crippen MR) is 91.7 cm³/mol. The van der Waals surface area contributed by atoms with Crippen LogP contribution in [0.2, 0.25) is 0 Å². The number of aliphatic hydroxyl groups excluding tert-OH is 1. The summed E-state index contributed by atoms with van der Waals surface area (Å²) in [5.74, 6) is 0.341. The van der Waals surface area contributed by atoms with Gasteiger partial charge in [-0.15, -0.1) is 11.3 Å². The number of aliphatic hydroxyl groups is 1. The van der Waals surface area contributed by atoms with Crippen LogP contribution < -0.4 is 10.5 Å². The quantitative estimate of drug-likeness (QED) is 0.623. The van der Waals surface area contributed by atoms with E-state index in [9.17, 15) is 21.9 Å². The van der Waals surface area contributed by atoms with Gasteiger partial charge >= 0.3 is 0 Å². The lowest BCUT2D eigenvalue weighted by Crippen LogP contribution is -2.46. The molecule has 1 aromatic rings. The lowest BCUT2D eigenvalue weighted by atomic mass is 10.1. The van der Waals surface area contributed by atoms with Gasteiger partial charge in [0.05, 0.1) is 6.10 Å². The minimum absolute atomic E-state index is 0.0281. The first-order valence-electron chi connectivity index (χ1n) is 7.51. The van der Waals surface area contributed by atoms with E-state index in [1.54, 1.807) is 0 Å². The Kier molecular flexibility index (Phi) is 5.75. The monoisotopic (exact) mass is 397 g/mol. The molecule has 0 aliphatic carbocycles. The molecule has 0 saturated carbocycles. The van der Waals surface area contributed by atoms with E-state index < -0.39 is 26.2 Å². The van der Waals surface area contributed by atoms with E-state index in [2.05, 4.69) is 5.32 Å². The van der Waals surface area contributed by atoms with Crippen LogP contribution in [0.5, 0.6) is 0 Å². The number of hydrogen-bond donors (Lipinski definition) is 3. The minimum Gasteiger partial charge on any atom is -0.392 e. The number of rotatable bonds is 6. The van der Waals surface area contributed by atoms with Crippen molar-refractivity contribution in [2.45, 2.75) is 41.3 Å². The van der Waals surface area contributed by atoms with Gasteiger partial charge in [0, 0.05) is 24.7 Å². The van der Waals surface area contributed by atoms with E-state index >= 15 is 0 Å². The van der Waals surface area contributed by atoms with Crippen LogP contribution in [0, 0.1) is 5.92 Å². The molecule has 0 amide bonds. The Balaban J connectivity index is 2.51. The maximum absolute atomic E-state index is 12.7. The molecule has 0 fully saturated rings. The summed E-state index contributed by atoms with van der Waals surface area (Å²) in [6.45, 7) is 6.27. The van der Waals surface area contributed by atoms with Gasteiger partial charge in [0.1, 0.15) is 8.42 Å². The fraction of sp³-hybridized carbons (Fsp3) is 0.692. The average Bonchev–Trinajstić information content (AvgIpc) is 2.86. The minimum atomic E-state index is -3.98. The van der Waals surface area contributed by atoms with Crippen LogP contribution in [0.25, 0.3) is 0 Å². The highest BCUT2D eigenvalue weighted by Crippen LogP contribution is 2.39. The molecule has 0 aromatic carbocycles. The number of fused-ring (bicyclic) bond motifs is 1. The van der Waals surface area contributed by atoms with Gasteiger partial charge in [0.15, 0.2) is 0 Å². The fourth-order valence-electron chi connectivity index (χ4n) is 2.49. The number of sulfonamides is 2. The molecule has 24 heavy (non-hydrogen) atoms. The second kappa shape index (κ2) is 6.98. The van der Waals surface area contributed by atoms with Crippen molar-refractivity contribution in [3.8, 4) is 0 Å². The molecule has 2 unspecified atom stereocenters. The molecule has 0 spiro atoms. The highest BCUT2D eigenvalue weighted by Gasteiger charge is 2.40. The number of nitrogens with one attached hydrogen (secondary N) is 1. The Morgan fingerprint density at radius 2 is 2.08 bits per heavy atom. The number of primary sulfonamides is 1. The van der Waals surface area contributed by atoms with Gasteiger partial charge in [0.25, 0.3) is 10.0 Å². The van der Waals surface area contributed by atoms with Crippen LogP contribution in [0.1, 0.15) is 32.4 Å². The van der Waals surface area contributed by atoms with Crippen molar-refractivity contribution in [1.82, 2.24) is 9.62 Å². The topological polar surface area (TPSA) is 130 Å². The molecular weight excluding hydrogens is 374 g/mol. The molecule has 1 aromatic heterocycles. The van der Waals surface area contributed by atoms with Gasteiger partial charge in [-0.25, -0.2) is 22.0 Å². The summed E-state index contributed by atoms with van der Waals surface area (Å²) in [7, 11) is -7.84. The highest BCUT2D eigenvalue weighted by atomic mass is 32.3. The molecule has 4 N–H and O–H groups in total. The maximum atomic E-state index is 12.7. The number of hydrogen-bond acceptors (Lipinski definition) is 7. The summed E-state index contributed by atoms with van der Waals surface area (Å²) in [5.41, 5.74) is 0.423. The molecule has 8 nitrogen and oxygen atoms in total. The second-order valence-electron chi connectivity index (χ2n) is 6.38. The molecular formula is C13H23N3O5S3. The lowest BCUT2D eigenvalue weighted by Gasteiger charge is -2.33. The summed E-state index contributed by atoms with van der Waals surface area (Å²) < 4.78 is 49.7. The third-order valence-electron chi connectivity index (χ3n) is 3.56. The molecule has 11 heteroatoms. The largest absolute Gasteiger partial charge is 0.392 e. The first-order valence-corrected chi connectivity index (χ1v) is 11.3. The first-order chi connectivity index (χ1) is 10.9. The Hall–Kier alpha value is -0.560. The molecule has 2 atom stereocenters. The summed E-state index contributed by atoms with van der Waals surface area (Å²) in [4.78, 5) is 0. The number of thiophene rings is 1. The Morgan fingerprint density at radius 1 is 1.46 bits per heavy atom. The molecule has 0 bridgehead atoms. The first kappa shape index (κ1) is 19.8. The smallest absolute Gasteiger partial charge is 0.253 e. The zero-order valence-corrected chi connectivity index (χ0v) is 16.2. The van der Waals surface area contributed by atoms with E-state index in [1.807, 2.05) is 13.8 Å². The standard InChI is InChI=1S/C13H23N3O5S3/c1-8(2)5-15-11-7-16(6-9(3)17)24(20,21)13-10(11)4-12(22-13)23(14,18)19/h4,8-9,11,15,17H,5-7H2,1-3H3,(H2,14,18,19). The zero-order valence-electron chi connectivity index (χ0n) is 13.8. The number of nitrogens with zero attached hydrogens (tertiary/aromatic N) is 1. The van der Waals surface area contributed by atoms with Crippen molar-refractivity contribution in [3.05, 3.63) is 11.6 Å². The predicted octanol–water partition coefficient (Wildman–Crippen LogP) is 0.0673. The van der Waals surface area contributed by atoms with Crippen LogP contribution in [-0.4, -0.2) is 52.0 Å². The van der Waals surface area contributed by atoms with Crippen molar-refractivity contribution >= 4 is 31.4 Å². The van der Waals surface area contributed by atoms with Gasteiger partial charge < -0.3 is 10.4 Å². The molecule has 138 valence electrons. The van der Waals surface area contributed by atoms with Gasteiger partial charge in [-0.05, 0) is 25.5 Å². The van der Waals surface area contributed by atoms with E-state index in [0.717, 1.165) is 0 Å². The Bertz CT molecular complexity index is 799. The molecule has 0 radical (unpaired) electrons. The molecule has 0 saturated heterocycles. The highest BCUT2D eigenvalue weighted by molar-refractivity contribution is 7.94. The van der Waals surface area contributed by atoms with Crippen LogP contribution in [0.15, 0.2) is 14.5 Å². The molecule has 1 aliphatic rings. The molecule has 2 heterocycles. The lowest BCUT2D eigenvalue weighted by molar-refractivity contribution is 0.157. The fourth-order valence-corrected chi connectivity index (χ4v) is 6.84. The second-order valence-corrected chi connectivity index (χ2v) is 11.4. The average molecular weight is 398 g/mol. The normalized spacial score (nSPS) is 22.5. The van der Waals surface area contributed by atoms with E-state index in [-0.39, 0.29) is 27.5 Å². The Labute approximate surface area is 146 Å². The Morgan fingerprint density at radius 3 is 2.58 bits per heavy atom. The SMILES string of the molecule is CC(C)CNC1CN(CC(C)O)S(=O)(=O)c2sc(S(N)(=O)=O)cc21. The van der Waals surface area contributed by atoms with Gasteiger partial charge in [0.2, 0.25) is 10.0 Å². The number of nitrogens with two attached hydrogens (primary N) is 1. The van der Waals surface area contributed by atoms with Gasteiger partial charge in [-0.3, -0.25) is 0 Å². The van der Waals surface area contributed by atoms with Crippen molar-refractivity contribution < 1.29 is 21.9 Å². The maximum Gasteiger partial charge on any atom is 0.253 e. The van der Waals surface area contributed by atoms with Crippen LogP contribution in [0.3, 0.4) is 0 Å². The summed E-state index contributed by atoms with van der Waals surface area (Å²) in [6.07, 6.45) is -0.829. The number of β-amino-alcohol motifs (C(OH)–C–C–N with tert-alkyl or cyclic N) is 1. The molecule has 2 rings (SSSR count). The van der Waals surface area contributed by atoms with Gasteiger partial charge in [-0.1, -0.05) is 13.8 Å². The zero-order chi connectivity index (χ0) is 18.3. The van der Waals surface area contributed by atoms with Gasteiger partial charge in [-0.2, -0.15) is 4.31 Å².